The maximum atomic E-state index is 12.7. The highest BCUT2D eigenvalue weighted by Crippen LogP contribution is 2.35. The van der Waals surface area contributed by atoms with Crippen LogP contribution in [0.5, 0.6) is 0 Å². The molecule has 1 aromatic rings. The molecule has 0 bridgehead atoms. The van der Waals surface area contributed by atoms with E-state index in [1.54, 1.807) is 20.8 Å². The number of halogens is 3. The zero-order chi connectivity index (χ0) is 19.7. The molecule has 1 amide bonds. The van der Waals surface area contributed by atoms with E-state index in [-0.39, 0.29) is 18.9 Å². The van der Waals surface area contributed by atoms with Crippen LogP contribution in [0.15, 0.2) is 24.3 Å². The predicted octanol–water partition coefficient (Wildman–Crippen LogP) is 3.97. The molecule has 0 aromatic heterocycles. The summed E-state index contributed by atoms with van der Waals surface area (Å²) in [6, 6.07) is 3.92. The van der Waals surface area contributed by atoms with E-state index in [4.69, 9.17) is 9.47 Å². The fourth-order valence-electron chi connectivity index (χ4n) is 2.90. The molecule has 0 saturated carbocycles. The standard InChI is InChI=1S/C18H22F3NO4/c1-17(2,3)26-16(24)22-10-12(9-14(22)15(23)25-4)11-5-7-13(8-6-11)18(19,20)21/h5-8,12,14H,9-10H2,1-4H3. The SMILES string of the molecule is COC(=O)C1CC(c2ccc(C(F)(F)F)cc2)CN1C(=O)OC(C)(C)C. The predicted molar refractivity (Wildman–Crippen MR) is 87.5 cm³/mol. The molecule has 1 saturated heterocycles. The van der Waals surface area contributed by atoms with Crippen molar-refractivity contribution in [2.75, 3.05) is 13.7 Å². The van der Waals surface area contributed by atoms with E-state index >= 15 is 0 Å². The van der Waals surface area contributed by atoms with Crippen molar-refractivity contribution in [3.8, 4) is 0 Å². The topological polar surface area (TPSA) is 55.8 Å². The van der Waals surface area contributed by atoms with Gasteiger partial charge in [0.2, 0.25) is 0 Å². The van der Waals surface area contributed by atoms with Crippen LogP contribution in [-0.2, 0) is 20.4 Å². The second kappa shape index (κ2) is 7.17. The van der Waals surface area contributed by atoms with Gasteiger partial charge in [0.05, 0.1) is 12.7 Å². The number of ether oxygens (including phenoxy) is 2. The number of carbonyl (C=O) groups is 2. The Bertz CT molecular complexity index is 664. The van der Waals surface area contributed by atoms with E-state index in [1.807, 2.05) is 0 Å². The Kier molecular flexibility index (Phi) is 5.53. The highest BCUT2D eigenvalue weighted by molar-refractivity contribution is 5.82. The first-order chi connectivity index (χ1) is 11.9. The number of nitrogens with zero attached hydrogens (tertiary/aromatic N) is 1. The number of amides is 1. The minimum Gasteiger partial charge on any atom is -0.467 e. The van der Waals surface area contributed by atoms with Gasteiger partial charge in [0.1, 0.15) is 11.6 Å². The quantitative estimate of drug-likeness (QED) is 0.736. The van der Waals surface area contributed by atoms with Gasteiger partial charge in [0.25, 0.3) is 0 Å². The molecule has 0 aliphatic carbocycles. The van der Waals surface area contributed by atoms with E-state index in [9.17, 15) is 22.8 Å². The summed E-state index contributed by atoms with van der Waals surface area (Å²) in [6.07, 6.45) is -4.80. The summed E-state index contributed by atoms with van der Waals surface area (Å²) in [4.78, 5) is 25.7. The number of likely N-dealkylation sites (tertiary alicyclic amines) is 1. The van der Waals surface area contributed by atoms with Gasteiger partial charge in [0, 0.05) is 12.5 Å². The first-order valence-electron chi connectivity index (χ1n) is 8.17. The molecule has 1 aliphatic heterocycles. The van der Waals surface area contributed by atoms with Crippen molar-refractivity contribution in [2.45, 2.75) is 50.9 Å². The van der Waals surface area contributed by atoms with E-state index < -0.39 is 35.4 Å². The van der Waals surface area contributed by atoms with Gasteiger partial charge in [-0.3, -0.25) is 4.90 Å². The Balaban J connectivity index is 2.21. The maximum Gasteiger partial charge on any atom is 0.416 e. The number of esters is 1. The van der Waals surface area contributed by atoms with Crippen LogP contribution in [0.4, 0.5) is 18.0 Å². The Morgan fingerprint density at radius 2 is 1.69 bits per heavy atom. The number of benzene rings is 1. The third-order valence-electron chi connectivity index (χ3n) is 4.11. The lowest BCUT2D eigenvalue weighted by Gasteiger charge is -2.27. The molecule has 1 aliphatic rings. The molecule has 0 spiro atoms. The molecule has 0 radical (unpaired) electrons. The molecule has 0 N–H and O–H groups in total. The summed E-state index contributed by atoms with van der Waals surface area (Å²) >= 11 is 0. The van der Waals surface area contributed by atoms with Gasteiger partial charge in [-0.2, -0.15) is 13.2 Å². The maximum absolute atomic E-state index is 12.7. The van der Waals surface area contributed by atoms with Crippen LogP contribution in [0.25, 0.3) is 0 Å². The van der Waals surface area contributed by atoms with Gasteiger partial charge in [-0.1, -0.05) is 12.1 Å². The third kappa shape index (κ3) is 4.68. The van der Waals surface area contributed by atoms with Crippen LogP contribution < -0.4 is 0 Å². The Morgan fingerprint density at radius 1 is 1.12 bits per heavy atom. The Hall–Kier alpha value is -2.25. The summed E-state index contributed by atoms with van der Waals surface area (Å²) in [6.45, 7) is 5.30. The highest BCUT2D eigenvalue weighted by Gasteiger charge is 2.42. The first kappa shape index (κ1) is 20.1. The average molecular weight is 373 g/mol. The number of alkyl halides is 3. The van der Waals surface area contributed by atoms with Gasteiger partial charge in [-0.05, 0) is 44.9 Å². The van der Waals surface area contributed by atoms with E-state index in [0.717, 1.165) is 12.1 Å². The minimum atomic E-state index is -4.41. The molecule has 8 heteroatoms. The second-order valence-corrected chi connectivity index (χ2v) is 7.22. The molecular weight excluding hydrogens is 351 g/mol. The lowest BCUT2D eigenvalue weighted by molar-refractivity contribution is -0.145. The number of hydrogen-bond acceptors (Lipinski definition) is 4. The van der Waals surface area contributed by atoms with Crippen LogP contribution in [0.3, 0.4) is 0 Å². The van der Waals surface area contributed by atoms with E-state index in [0.29, 0.717) is 5.56 Å². The molecule has 2 rings (SSSR count). The van der Waals surface area contributed by atoms with Crippen molar-refractivity contribution in [1.29, 1.82) is 0 Å². The number of carbonyl (C=O) groups excluding carboxylic acids is 2. The normalized spacial score (nSPS) is 20.8. The zero-order valence-electron chi connectivity index (χ0n) is 15.1. The van der Waals surface area contributed by atoms with Crippen LogP contribution in [0, 0.1) is 0 Å². The minimum absolute atomic E-state index is 0.167. The second-order valence-electron chi connectivity index (χ2n) is 7.22. The van der Waals surface area contributed by atoms with Crippen LogP contribution in [0.2, 0.25) is 0 Å². The third-order valence-corrected chi connectivity index (χ3v) is 4.11. The monoisotopic (exact) mass is 373 g/mol. The van der Waals surface area contributed by atoms with Gasteiger partial charge in [-0.25, -0.2) is 9.59 Å². The zero-order valence-corrected chi connectivity index (χ0v) is 15.1. The molecule has 2 unspecified atom stereocenters. The molecule has 5 nitrogen and oxygen atoms in total. The fourth-order valence-corrected chi connectivity index (χ4v) is 2.90. The van der Waals surface area contributed by atoms with Crippen molar-refractivity contribution < 1.29 is 32.2 Å². The van der Waals surface area contributed by atoms with Crippen molar-refractivity contribution in [2.24, 2.45) is 0 Å². The van der Waals surface area contributed by atoms with Gasteiger partial charge in [-0.15, -0.1) is 0 Å². The van der Waals surface area contributed by atoms with Crippen molar-refractivity contribution >= 4 is 12.1 Å². The van der Waals surface area contributed by atoms with Crippen molar-refractivity contribution in [3.05, 3.63) is 35.4 Å². The summed E-state index contributed by atoms with van der Waals surface area (Å²) in [5.41, 5.74) is -0.852. The van der Waals surface area contributed by atoms with Gasteiger partial charge >= 0.3 is 18.2 Å². The highest BCUT2D eigenvalue weighted by atomic mass is 19.4. The van der Waals surface area contributed by atoms with Gasteiger partial charge < -0.3 is 9.47 Å². The van der Waals surface area contributed by atoms with Crippen LogP contribution in [0.1, 0.15) is 44.2 Å². The molecule has 1 aromatic carbocycles. The number of rotatable bonds is 2. The summed E-state index contributed by atoms with van der Waals surface area (Å²) in [5, 5.41) is 0. The molecule has 1 heterocycles. The van der Waals surface area contributed by atoms with Gasteiger partial charge in [0.15, 0.2) is 0 Å². The number of methoxy groups -OCH3 is 1. The molecule has 144 valence electrons. The fraction of sp³-hybridized carbons (Fsp3) is 0.556. The van der Waals surface area contributed by atoms with Crippen molar-refractivity contribution in [1.82, 2.24) is 4.90 Å². The first-order valence-corrected chi connectivity index (χ1v) is 8.17. The lowest BCUT2D eigenvalue weighted by Crippen LogP contribution is -2.43. The van der Waals surface area contributed by atoms with E-state index in [1.165, 1.54) is 24.1 Å². The molecule has 2 atom stereocenters. The summed E-state index contributed by atoms with van der Waals surface area (Å²) in [7, 11) is 1.22. The van der Waals surface area contributed by atoms with Crippen LogP contribution >= 0.6 is 0 Å². The average Bonchev–Trinajstić information content (AvgIpc) is 2.97. The molecular formula is C18H22F3NO4. The molecule has 26 heavy (non-hydrogen) atoms. The van der Waals surface area contributed by atoms with Crippen molar-refractivity contribution in [3.63, 3.8) is 0 Å². The Morgan fingerprint density at radius 3 is 2.15 bits per heavy atom. The molecule has 1 fully saturated rings. The summed E-state index contributed by atoms with van der Waals surface area (Å²) in [5.74, 6) is -0.862. The smallest absolute Gasteiger partial charge is 0.416 e. The lowest BCUT2D eigenvalue weighted by atomic mass is 9.95. The Labute approximate surface area is 150 Å². The largest absolute Gasteiger partial charge is 0.467 e. The van der Waals surface area contributed by atoms with E-state index in [2.05, 4.69) is 0 Å². The van der Waals surface area contributed by atoms with Crippen LogP contribution in [-0.4, -0.2) is 42.3 Å². The number of hydrogen-bond donors (Lipinski definition) is 0. The summed E-state index contributed by atoms with van der Waals surface area (Å²) < 4.78 is 48.2.